The van der Waals surface area contributed by atoms with Crippen LogP contribution >= 0.6 is 0 Å². The van der Waals surface area contributed by atoms with E-state index in [4.69, 9.17) is 14.6 Å². The molecule has 0 saturated heterocycles. The number of rotatable bonds is 5. The Morgan fingerprint density at radius 1 is 1.44 bits per heavy atom. The van der Waals surface area contributed by atoms with Gasteiger partial charge in [-0.2, -0.15) is 0 Å². The molecule has 0 aliphatic heterocycles. The SMILES string of the molecule is COCc1cc(OC2CCCC2)cc(C(=O)O)n1. The van der Waals surface area contributed by atoms with E-state index < -0.39 is 5.97 Å². The number of hydrogen-bond donors (Lipinski definition) is 1. The number of carbonyl (C=O) groups is 1. The fourth-order valence-corrected chi connectivity index (χ4v) is 2.16. The lowest BCUT2D eigenvalue weighted by atomic mass is 10.2. The molecule has 0 bridgehead atoms. The summed E-state index contributed by atoms with van der Waals surface area (Å²) in [6, 6.07) is 3.22. The highest BCUT2D eigenvalue weighted by molar-refractivity contribution is 5.85. The first-order valence-corrected chi connectivity index (χ1v) is 6.09. The largest absolute Gasteiger partial charge is 0.490 e. The van der Waals surface area contributed by atoms with Gasteiger partial charge in [-0.1, -0.05) is 0 Å². The van der Waals surface area contributed by atoms with Gasteiger partial charge in [-0.3, -0.25) is 0 Å². The maximum Gasteiger partial charge on any atom is 0.354 e. The average Bonchev–Trinajstić information content (AvgIpc) is 2.82. The van der Waals surface area contributed by atoms with Gasteiger partial charge in [0, 0.05) is 19.2 Å². The summed E-state index contributed by atoms with van der Waals surface area (Å²) < 4.78 is 10.8. The fourth-order valence-electron chi connectivity index (χ4n) is 2.16. The Morgan fingerprint density at radius 3 is 2.78 bits per heavy atom. The van der Waals surface area contributed by atoms with Gasteiger partial charge < -0.3 is 14.6 Å². The number of carboxylic acids is 1. The minimum atomic E-state index is -1.05. The summed E-state index contributed by atoms with van der Waals surface area (Å²) in [5.74, 6) is -0.481. The Morgan fingerprint density at radius 2 is 2.17 bits per heavy atom. The fraction of sp³-hybridized carbons (Fsp3) is 0.538. The number of hydrogen-bond acceptors (Lipinski definition) is 4. The maximum atomic E-state index is 11.0. The number of pyridine rings is 1. The van der Waals surface area contributed by atoms with Crippen LogP contribution in [0.3, 0.4) is 0 Å². The van der Waals surface area contributed by atoms with E-state index in [1.54, 1.807) is 13.2 Å². The first kappa shape index (κ1) is 12.8. The molecule has 98 valence electrons. The van der Waals surface area contributed by atoms with Gasteiger partial charge in [-0.25, -0.2) is 9.78 Å². The zero-order valence-electron chi connectivity index (χ0n) is 10.4. The summed E-state index contributed by atoms with van der Waals surface area (Å²) >= 11 is 0. The van der Waals surface area contributed by atoms with Gasteiger partial charge in [0.15, 0.2) is 5.69 Å². The first-order chi connectivity index (χ1) is 8.69. The van der Waals surface area contributed by atoms with Crippen molar-refractivity contribution in [2.75, 3.05) is 7.11 Å². The van der Waals surface area contributed by atoms with Gasteiger partial charge >= 0.3 is 5.97 Å². The zero-order valence-corrected chi connectivity index (χ0v) is 10.4. The van der Waals surface area contributed by atoms with Gasteiger partial charge in [0.25, 0.3) is 0 Å². The van der Waals surface area contributed by atoms with Crippen LogP contribution in [0.25, 0.3) is 0 Å². The van der Waals surface area contributed by atoms with Gasteiger partial charge in [0.05, 0.1) is 18.4 Å². The van der Waals surface area contributed by atoms with E-state index in [1.807, 2.05) is 0 Å². The standard InChI is InChI=1S/C13H17NO4/c1-17-8-9-6-11(7-12(14-9)13(15)16)18-10-4-2-3-5-10/h6-7,10H,2-5,8H2,1H3,(H,15,16). The Balaban J connectivity index is 2.18. The topological polar surface area (TPSA) is 68.7 Å². The Bertz CT molecular complexity index is 427. The highest BCUT2D eigenvalue weighted by Gasteiger charge is 2.18. The van der Waals surface area contributed by atoms with Crippen LogP contribution in [-0.2, 0) is 11.3 Å². The molecule has 0 atom stereocenters. The molecule has 18 heavy (non-hydrogen) atoms. The van der Waals surface area contributed by atoms with E-state index in [0.717, 1.165) is 12.8 Å². The number of aromatic carboxylic acids is 1. The number of ether oxygens (including phenoxy) is 2. The molecule has 1 saturated carbocycles. The number of methoxy groups -OCH3 is 1. The molecule has 5 heteroatoms. The van der Waals surface area contributed by atoms with Crippen LogP contribution in [0.2, 0.25) is 0 Å². The first-order valence-electron chi connectivity index (χ1n) is 6.09. The minimum Gasteiger partial charge on any atom is -0.490 e. The van der Waals surface area contributed by atoms with Crippen LogP contribution in [0, 0.1) is 0 Å². The van der Waals surface area contributed by atoms with E-state index in [2.05, 4.69) is 4.98 Å². The molecule has 1 aromatic rings. The third-order valence-corrected chi connectivity index (χ3v) is 2.97. The summed E-state index contributed by atoms with van der Waals surface area (Å²) in [7, 11) is 1.55. The van der Waals surface area contributed by atoms with Crippen LogP contribution in [0.4, 0.5) is 0 Å². The molecule has 1 aromatic heterocycles. The molecule has 0 aromatic carbocycles. The number of aromatic nitrogens is 1. The van der Waals surface area contributed by atoms with E-state index in [0.29, 0.717) is 11.4 Å². The van der Waals surface area contributed by atoms with Crippen molar-refractivity contribution in [3.63, 3.8) is 0 Å². The normalized spacial score (nSPS) is 15.8. The predicted octanol–water partition coefficient (Wildman–Crippen LogP) is 2.25. The van der Waals surface area contributed by atoms with Crippen molar-refractivity contribution in [2.24, 2.45) is 0 Å². The van der Waals surface area contributed by atoms with Crippen molar-refractivity contribution in [2.45, 2.75) is 38.4 Å². The van der Waals surface area contributed by atoms with Crippen molar-refractivity contribution in [1.29, 1.82) is 0 Å². The minimum absolute atomic E-state index is 0.00227. The predicted molar refractivity (Wildman–Crippen MR) is 64.8 cm³/mol. The van der Waals surface area contributed by atoms with E-state index in [-0.39, 0.29) is 18.4 Å². The molecule has 2 rings (SSSR count). The quantitative estimate of drug-likeness (QED) is 0.869. The molecule has 5 nitrogen and oxygen atoms in total. The monoisotopic (exact) mass is 251 g/mol. The van der Waals surface area contributed by atoms with Crippen molar-refractivity contribution in [3.05, 3.63) is 23.5 Å². The van der Waals surface area contributed by atoms with Gasteiger partial charge in [0.1, 0.15) is 5.75 Å². The molecule has 1 aliphatic carbocycles. The second-order valence-electron chi connectivity index (χ2n) is 4.44. The van der Waals surface area contributed by atoms with Crippen LogP contribution in [0.5, 0.6) is 5.75 Å². The maximum absolute atomic E-state index is 11.0. The molecule has 1 aliphatic rings. The molecule has 0 spiro atoms. The summed E-state index contributed by atoms with van der Waals surface area (Å²) in [5.41, 5.74) is 0.572. The molecule has 0 amide bonds. The number of nitrogens with zero attached hydrogens (tertiary/aromatic N) is 1. The Labute approximate surface area is 106 Å². The number of carboxylic acid groups (broad SMARTS) is 1. The molecule has 1 N–H and O–H groups in total. The van der Waals surface area contributed by atoms with E-state index in [1.165, 1.54) is 18.9 Å². The average molecular weight is 251 g/mol. The van der Waals surface area contributed by atoms with Crippen molar-refractivity contribution in [3.8, 4) is 5.75 Å². The summed E-state index contributed by atoms with van der Waals surface area (Å²) in [5, 5.41) is 9.00. The van der Waals surface area contributed by atoms with Crippen LogP contribution in [-0.4, -0.2) is 29.3 Å². The van der Waals surface area contributed by atoms with E-state index in [9.17, 15) is 4.79 Å². The molecular formula is C13H17NO4. The summed E-state index contributed by atoms with van der Waals surface area (Å²) in [6.07, 6.45) is 4.61. The van der Waals surface area contributed by atoms with E-state index >= 15 is 0 Å². The molecule has 1 fully saturated rings. The van der Waals surface area contributed by atoms with Gasteiger partial charge in [0.2, 0.25) is 0 Å². The van der Waals surface area contributed by atoms with Gasteiger partial charge in [-0.05, 0) is 25.7 Å². The lowest BCUT2D eigenvalue weighted by molar-refractivity contribution is 0.0688. The molecule has 0 radical (unpaired) electrons. The smallest absolute Gasteiger partial charge is 0.354 e. The van der Waals surface area contributed by atoms with Crippen molar-refractivity contribution in [1.82, 2.24) is 4.98 Å². The third kappa shape index (κ3) is 3.20. The summed E-state index contributed by atoms with van der Waals surface area (Å²) in [6.45, 7) is 0.280. The molecular weight excluding hydrogens is 234 g/mol. The Hall–Kier alpha value is -1.62. The van der Waals surface area contributed by atoms with Crippen LogP contribution < -0.4 is 4.74 Å². The second-order valence-corrected chi connectivity index (χ2v) is 4.44. The van der Waals surface area contributed by atoms with Crippen LogP contribution in [0.1, 0.15) is 41.9 Å². The molecule has 1 heterocycles. The zero-order chi connectivity index (χ0) is 13.0. The highest BCUT2D eigenvalue weighted by Crippen LogP contribution is 2.25. The lowest BCUT2D eigenvalue weighted by Gasteiger charge is -2.14. The van der Waals surface area contributed by atoms with Crippen LogP contribution in [0.15, 0.2) is 12.1 Å². The second kappa shape index (κ2) is 5.82. The van der Waals surface area contributed by atoms with Crippen molar-refractivity contribution >= 4 is 5.97 Å². The third-order valence-electron chi connectivity index (χ3n) is 2.97. The molecule has 0 unspecified atom stereocenters. The Kier molecular flexibility index (Phi) is 4.15. The highest BCUT2D eigenvalue weighted by atomic mass is 16.5. The lowest BCUT2D eigenvalue weighted by Crippen LogP contribution is -2.13. The van der Waals surface area contributed by atoms with Crippen molar-refractivity contribution < 1.29 is 19.4 Å². The summed E-state index contributed by atoms with van der Waals surface area (Å²) in [4.78, 5) is 15.0. The van der Waals surface area contributed by atoms with Gasteiger partial charge in [-0.15, -0.1) is 0 Å².